The summed E-state index contributed by atoms with van der Waals surface area (Å²) in [6, 6.07) is 19.6. The van der Waals surface area contributed by atoms with Crippen molar-refractivity contribution in [3.05, 3.63) is 84.2 Å². The van der Waals surface area contributed by atoms with Gasteiger partial charge < -0.3 is 15.5 Å². The maximum absolute atomic E-state index is 12.9. The number of nitrogens with zero attached hydrogens (tertiary/aromatic N) is 2. The summed E-state index contributed by atoms with van der Waals surface area (Å²) < 4.78 is 0. The van der Waals surface area contributed by atoms with Crippen LogP contribution in [0.4, 0.5) is 21.9 Å². The number of benzene rings is 2. The number of rotatable bonds is 3. The molecule has 1 aliphatic rings. The number of pyridine rings is 1. The molecule has 2 heterocycles. The second kappa shape index (κ2) is 7.92. The van der Waals surface area contributed by atoms with Crippen LogP contribution in [0, 0.1) is 0 Å². The second-order valence-electron chi connectivity index (χ2n) is 6.55. The normalized spacial score (nSPS) is 12.8. The van der Waals surface area contributed by atoms with Gasteiger partial charge in [0.25, 0.3) is 5.91 Å². The molecule has 0 atom stereocenters. The molecule has 0 saturated heterocycles. The van der Waals surface area contributed by atoms with Gasteiger partial charge in [-0.2, -0.15) is 0 Å². The van der Waals surface area contributed by atoms with Crippen molar-refractivity contribution in [2.24, 2.45) is 0 Å². The number of aryl methyl sites for hydroxylation is 1. The predicted octanol–water partition coefficient (Wildman–Crippen LogP) is 4.32. The number of carbonyl (C=O) groups excluding carboxylic acids is 2. The van der Waals surface area contributed by atoms with Crippen molar-refractivity contribution in [2.45, 2.75) is 12.8 Å². The van der Waals surface area contributed by atoms with Gasteiger partial charge in [-0.15, -0.1) is 0 Å². The summed E-state index contributed by atoms with van der Waals surface area (Å²) in [6.45, 7) is 0.678. The van der Waals surface area contributed by atoms with Crippen LogP contribution >= 0.6 is 0 Å². The number of amides is 3. The Balaban J connectivity index is 1.43. The van der Waals surface area contributed by atoms with Crippen molar-refractivity contribution in [2.75, 3.05) is 22.1 Å². The summed E-state index contributed by atoms with van der Waals surface area (Å²) in [4.78, 5) is 31.2. The molecule has 3 aromatic rings. The number of nitrogens with one attached hydrogen (secondary N) is 2. The van der Waals surface area contributed by atoms with Gasteiger partial charge in [0.2, 0.25) is 0 Å². The first kappa shape index (κ1) is 17.7. The van der Waals surface area contributed by atoms with Crippen molar-refractivity contribution in [1.82, 2.24) is 4.98 Å². The fourth-order valence-corrected chi connectivity index (χ4v) is 3.27. The lowest BCUT2D eigenvalue weighted by Gasteiger charge is -2.28. The number of fused-ring (bicyclic) bond motifs is 1. The van der Waals surface area contributed by atoms with Gasteiger partial charge in [-0.3, -0.25) is 9.78 Å². The Morgan fingerprint density at radius 3 is 2.32 bits per heavy atom. The SMILES string of the molecule is O=C(Nc1ccccc1)Nc1ccc(C(=O)N2CCCc3ncccc32)cc1. The van der Waals surface area contributed by atoms with E-state index in [9.17, 15) is 9.59 Å². The Morgan fingerprint density at radius 2 is 1.57 bits per heavy atom. The second-order valence-corrected chi connectivity index (χ2v) is 6.55. The number of urea groups is 1. The maximum Gasteiger partial charge on any atom is 0.323 e. The van der Waals surface area contributed by atoms with Crippen LogP contribution in [-0.2, 0) is 6.42 Å². The number of hydrogen-bond acceptors (Lipinski definition) is 3. The number of para-hydroxylation sites is 1. The first-order valence-corrected chi connectivity index (χ1v) is 9.19. The maximum atomic E-state index is 12.9. The molecule has 0 saturated carbocycles. The molecule has 140 valence electrons. The smallest absolute Gasteiger partial charge is 0.308 e. The molecular formula is C22H20N4O2. The van der Waals surface area contributed by atoms with Gasteiger partial charge in [0, 0.05) is 29.7 Å². The van der Waals surface area contributed by atoms with Crippen molar-refractivity contribution >= 4 is 29.0 Å². The molecule has 1 aromatic heterocycles. The van der Waals surface area contributed by atoms with E-state index >= 15 is 0 Å². The highest BCUT2D eigenvalue weighted by Crippen LogP contribution is 2.26. The molecule has 0 radical (unpaired) electrons. The van der Waals surface area contributed by atoms with E-state index in [4.69, 9.17) is 0 Å². The third-order valence-corrected chi connectivity index (χ3v) is 4.62. The van der Waals surface area contributed by atoms with E-state index in [1.54, 1.807) is 35.4 Å². The Bertz CT molecular complexity index is 987. The average molecular weight is 372 g/mol. The molecule has 3 amide bonds. The number of hydrogen-bond donors (Lipinski definition) is 2. The van der Waals surface area contributed by atoms with Crippen molar-refractivity contribution in [3.63, 3.8) is 0 Å². The van der Waals surface area contributed by atoms with Gasteiger partial charge in [-0.05, 0) is 61.4 Å². The average Bonchev–Trinajstić information content (AvgIpc) is 2.74. The molecule has 0 aliphatic carbocycles. The van der Waals surface area contributed by atoms with E-state index < -0.39 is 0 Å². The van der Waals surface area contributed by atoms with Gasteiger partial charge in [0.1, 0.15) is 0 Å². The summed E-state index contributed by atoms with van der Waals surface area (Å²) in [6.07, 6.45) is 3.54. The van der Waals surface area contributed by atoms with Gasteiger partial charge in [0.15, 0.2) is 0 Å². The minimum Gasteiger partial charge on any atom is -0.308 e. The van der Waals surface area contributed by atoms with Crippen molar-refractivity contribution < 1.29 is 9.59 Å². The first-order chi connectivity index (χ1) is 13.7. The largest absolute Gasteiger partial charge is 0.323 e. The van der Waals surface area contributed by atoms with Crippen molar-refractivity contribution in [3.8, 4) is 0 Å². The van der Waals surface area contributed by atoms with Crippen molar-refractivity contribution in [1.29, 1.82) is 0 Å². The summed E-state index contributed by atoms with van der Waals surface area (Å²) >= 11 is 0. The highest BCUT2D eigenvalue weighted by atomic mass is 16.2. The molecule has 1 aliphatic heterocycles. The van der Waals surface area contributed by atoms with Crippen LogP contribution in [0.25, 0.3) is 0 Å². The summed E-state index contributed by atoms with van der Waals surface area (Å²) in [5.41, 5.74) is 3.74. The molecule has 0 spiro atoms. The Hall–Kier alpha value is -3.67. The quantitative estimate of drug-likeness (QED) is 0.719. The molecule has 4 rings (SSSR count). The molecular weight excluding hydrogens is 352 g/mol. The first-order valence-electron chi connectivity index (χ1n) is 9.19. The molecule has 2 aromatic carbocycles. The van der Waals surface area contributed by atoms with E-state index in [0.717, 1.165) is 24.2 Å². The molecule has 2 N–H and O–H groups in total. The van der Waals surface area contributed by atoms with E-state index in [-0.39, 0.29) is 11.9 Å². The van der Waals surface area contributed by atoms with Crippen LogP contribution in [0.15, 0.2) is 72.9 Å². The van der Waals surface area contributed by atoms with Crippen LogP contribution in [0.3, 0.4) is 0 Å². The monoisotopic (exact) mass is 372 g/mol. The Labute approximate surface area is 163 Å². The summed E-state index contributed by atoms with van der Waals surface area (Å²) in [5, 5.41) is 5.53. The van der Waals surface area contributed by atoms with Gasteiger partial charge >= 0.3 is 6.03 Å². The summed E-state index contributed by atoms with van der Waals surface area (Å²) in [7, 11) is 0. The van der Waals surface area contributed by atoms with E-state index in [0.29, 0.717) is 23.5 Å². The Kier molecular flexibility index (Phi) is 5.01. The standard InChI is InChI=1S/C22H20N4O2/c27-21(26-15-5-8-19-20(26)9-4-14-23-19)16-10-12-18(13-11-16)25-22(28)24-17-6-2-1-3-7-17/h1-4,6-7,9-14H,5,8,15H2,(H2,24,25,28). The molecule has 28 heavy (non-hydrogen) atoms. The highest BCUT2D eigenvalue weighted by Gasteiger charge is 2.24. The zero-order valence-corrected chi connectivity index (χ0v) is 15.3. The predicted molar refractivity (Wildman–Crippen MR) is 110 cm³/mol. The van der Waals surface area contributed by atoms with E-state index in [1.165, 1.54) is 0 Å². The number of carbonyl (C=O) groups is 2. The van der Waals surface area contributed by atoms with Crippen LogP contribution in [0.5, 0.6) is 0 Å². The van der Waals surface area contributed by atoms with Crippen LogP contribution in [0.1, 0.15) is 22.5 Å². The van der Waals surface area contributed by atoms with Gasteiger partial charge in [0.05, 0.1) is 11.4 Å². The van der Waals surface area contributed by atoms with Crippen LogP contribution in [-0.4, -0.2) is 23.5 Å². The molecule has 0 bridgehead atoms. The van der Waals surface area contributed by atoms with Crippen LogP contribution in [0.2, 0.25) is 0 Å². The molecule has 0 fully saturated rings. The zero-order valence-electron chi connectivity index (χ0n) is 15.3. The topological polar surface area (TPSA) is 74.3 Å². The van der Waals surface area contributed by atoms with Gasteiger partial charge in [-0.25, -0.2) is 4.79 Å². The number of aromatic nitrogens is 1. The van der Waals surface area contributed by atoms with E-state index in [1.807, 2.05) is 42.5 Å². The highest BCUT2D eigenvalue weighted by molar-refractivity contribution is 6.07. The lowest BCUT2D eigenvalue weighted by atomic mass is 10.1. The zero-order chi connectivity index (χ0) is 19.3. The molecule has 6 nitrogen and oxygen atoms in total. The molecule has 6 heteroatoms. The fourth-order valence-electron chi connectivity index (χ4n) is 3.27. The number of anilines is 3. The fraction of sp³-hybridized carbons (Fsp3) is 0.136. The van der Waals surface area contributed by atoms with Crippen LogP contribution < -0.4 is 15.5 Å². The Morgan fingerprint density at radius 1 is 0.857 bits per heavy atom. The third kappa shape index (κ3) is 3.86. The summed E-state index contributed by atoms with van der Waals surface area (Å²) in [5.74, 6) is -0.0609. The lowest BCUT2D eigenvalue weighted by Crippen LogP contribution is -2.35. The third-order valence-electron chi connectivity index (χ3n) is 4.62. The lowest BCUT2D eigenvalue weighted by molar-refractivity contribution is 0.0985. The minimum atomic E-state index is -0.332. The minimum absolute atomic E-state index is 0.0609. The molecule has 0 unspecified atom stereocenters. The van der Waals surface area contributed by atoms with E-state index in [2.05, 4.69) is 15.6 Å². The van der Waals surface area contributed by atoms with Gasteiger partial charge in [-0.1, -0.05) is 18.2 Å².